The van der Waals surface area contributed by atoms with Gasteiger partial charge in [0.25, 0.3) is 0 Å². The van der Waals surface area contributed by atoms with Crippen molar-refractivity contribution in [1.82, 2.24) is 0 Å². The third kappa shape index (κ3) is 12.4. The number of hydrogen-bond acceptors (Lipinski definition) is 0. The molecule has 0 aliphatic heterocycles. The van der Waals surface area contributed by atoms with Gasteiger partial charge in [0.05, 0.1) is 0 Å². The molecular weight excluding hydrogens is 143 g/mol. The van der Waals surface area contributed by atoms with Crippen LogP contribution in [0.2, 0.25) is 3.67 Å². The minimum absolute atomic E-state index is 0. The van der Waals surface area contributed by atoms with Crippen LogP contribution in [-0.2, 0) is 0 Å². The fourth-order valence-corrected chi connectivity index (χ4v) is 1.53. The Morgan fingerprint density at radius 3 is 1.90 bits per heavy atom. The average molecular weight is 163 g/mol. The minimum atomic E-state index is 0. The normalized spacial score (nSPS) is 9.10. The number of rotatable bonds is 6. The maximum atomic E-state index is 2.27. The summed E-state index contributed by atoms with van der Waals surface area (Å²) in [6.45, 7) is 2.27. The maximum absolute atomic E-state index is 2.27. The van der Waals surface area contributed by atoms with E-state index in [0.717, 1.165) is 0 Å². The van der Waals surface area contributed by atoms with Crippen LogP contribution in [0.4, 0.5) is 0 Å². The Morgan fingerprint density at radius 2 is 1.40 bits per heavy atom. The molecule has 54 valence electrons. The van der Waals surface area contributed by atoms with Crippen molar-refractivity contribution in [2.24, 2.45) is 0 Å². The Balaban J connectivity index is 0. The van der Waals surface area contributed by atoms with Crippen molar-refractivity contribution in [2.45, 2.75) is 49.1 Å². The van der Waals surface area contributed by atoms with E-state index in [-0.39, 0.29) is 23.1 Å². The van der Waals surface area contributed by atoms with E-state index in [4.69, 9.17) is 0 Å². The minimum Gasteiger partial charge on any atom is 0.316 e. The van der Waals surface area contributed by atoms with E-state index in [1.165, 1.54) is 70.1 Å². The number of hydrogen-bond donors (Lipinski definition) is 0. The summed E-state index contributed by atoms with van der Waals surface area (Å²) >= 11 is 1.41. The Kier molecular flexibility index (Phi) is 19.1. The van der Waals surface area contributed by atoms with E-state index in [9.17, 15) is 0 Å². The number of unbranched alkanes of at least 4 members (excludes halogenated alkanes) is 5. The SMILES string of the molecule is CCCCCCC[CH2][Na].[MgH2]. The molecule has 0 amide bonds. The van der Waals surface area contributed by atoms with Gasteiger partial charge in [0, 0.05) is 0 Å². The Hall–Kier alpha value is 1.77. The molecule has 0 nitrogen and oxygen atoms in total. The van der Waals surface area contributed by atoms with Crippen molar-refractivity contribution in [1.29, 1.82) is 0 Å². The van der Waals surface area contributed by atoms with Crippen molar-refractivity contribution in [3.63, 3.8) is 0 Å². The van der Waals surface area contributed by atoms with Crippen LogP contribution in [0.1, 0.15) is 45.4 Å². The molecule has 0 N–H and O–H groups in total. The van der Waals surface area contributed by atoms with E-state index in [1.807, 2.05) is 0 Å². The zero-order chi connectivity index (χ0) is 6.95. The summed E-state index contributed by atoms with van der Waals surface area (Å²) in [5.41, 5.74) is 0. The van der Waals surface area contributed by atoms with Gasteiger partial charge < -0.3 is 0 Å². The molecule has 0 rings (SSSR count). The molecule has 0 unspecified atom stereocenters. The molecule has 0 aromatic carbocycles. The van der Waals surface area contributed by atoms with Gasteiger partial charge in [-0.05, 0) is 0 Å². The largest absolute Gasteiger partial charge is 0.316 e. The van der Waals surface area contributed by atoms with Gasteiger partial charge in [-0.3, -0.25) is 0 Å². The first kappa shape index (κ1) is 14.3. The van der Waals surface area contributed by atoms with Crippen molar-refractivity contribution < 1.29 is 0 Å². The van der Waals surface area contributed by atoms with Crippen LogP contribution < -0.4 is 0 Å². The summed E-state index contributed by atoms with van der Waals surface area (Å²) in [6.07, 6.45) is 8.76. The molecular formula is C8H19MgNa. The standard InChI is InChI=1S/C8H17.Mg.Na.2H/c1-3-5-7-8-6-4-2;;;;/h1,3-8H2,2H3;;;;. The van der Waals surface area contributed by atoms with E-state index >= 15 is 0 Å². The Bertz CT molecular complexity index is 42.5. The molecule has 10 heavy (non-hydrogen) atoms. The second kappa shape index (κ2) is 13.4. The van der Waals surface area contributed by atoms with Gasteiger partial charge in [-0.1, -0.05) is 0 Å². The summed E-state index contributed by atoms with van der Waals surface area (Å²) in [4.78, 5) is 0. The molecule has 0 aromatic heterocycles. The molecule has 0 fully saturated rings. The van der Waals surface area contributed by atoms with Gasteiger partial charge in [-0.2, -0.15) is 0 Å². The van der Waals surface area contributed by atoms with Crippen LogP contribution in [0, 0.1) is 0 Å². The second-order valence-corrected chi connectivity index (χ2v) is 3.77. The monoisotopic (exact) mass is 162 g/mol. The molecule has 0 aliphatic rings. The molecule has 0 saturated carbocycles. The Labute approximate surface area is 99.1 Å². The zero-order valence-electron chi connectivity index (χ0n) is 6.95. The Morgan fingerprint density at radius 1 is 0.900 bits per heavy atom. The van der Waals surface area contributed by atoms with E-state index < -0.39 is 0 Å². The van der Waals surface area contributed by atoms with Crippen molar-refractivity contribution >= 4 is 51.0 Å². The quantitative estimate of drug-likeness (QED) is 0.414. The van der Waals surface area contributed by atoms with Crippen LogP contribution >= 0.6 is 0 Å². The third-order valence-corrected chi connectivity index (χ3v) is 2.41. The van der Waals surface area contributed by atoms with E-state index in [1.54, 1.807) is 0 Å². The average Bonchev–Trinajstić information content (AvgIpc) is 1.89. The van der Waals surface area contributed by atoms with Gasteiger partial charge in [0.2, 0.25) is 0 Å². The first-order chi connectivity index (χ1) is 4.41. The molecule has 0 radical (unpaired) electrons. The second-order valence-electron chi connectivity index (χ2n) is 2.77. The molecule has 0 aromatic rings. The van der Waals surface area contributed by atoms with Crippen molar-refractivity contribution in [3.05, 3.63) is 0 Å². The molecule has 2 heteroatoms. The van der Waals surface area contributed by atoms with Crippen LogP contribution in [0.15, 0.2) is 0 Å². The summed E-state index contributed by atoms with van der Waals surface area (Å²) in [5.74, 6) is 0. The van der Waals surface area contributed by atoms with Crippen LogP contribution in [-0.4, -0.2) is 51.0 Å². The smallest absolute Gasteiger partial charge is 0.316 e. The molecule has 0 bridgehead atoms. The van der Waals surface area contributed by atoms with Crippen molar-refractivity contribution in [3.8, 4) is 0 Å². The van der Waals surface area contributed by atoms with E-state index in [0.29, 0.717) is 0 Å². The topological polar surface area (TPSA) is 0 Å². The van der Waals surface area contributed by atoms with Crippen LogP contribution in [0.3, 0.4) is 0 Å². The summed E-state index contributed by atoms with van der Waals surface area (Å²) in [6, 6.07) is 0. The maximum Gasteiger partial charge on any atom is 0.316 e. The zero-order valence-corrected chi connectivity index (χ0v) is 8.95. The van der Waals surface area contributed by atoms with Gasteiger partial charge >= 0.3 is 100 Å². The fourth-order valence-electron chi connectivity index (χ4n) is 1.03. The molecule has 0 atom stereocenters. The third-order valence-electron chi connectivity index (χ3n) is 1.71. The molecule has 0 heterocycles. The van der Waals surface area contributed by atoms with Gasteiger partial charge in [0.1, 0.15) is 0 Å². The molecule has 0 spiro atoms. The molecule has 0 saturated heterocycles. The van der Waals surface area contributed by atoms with Gasteiger partial charge in [0.15, 0.2) is 0 Å². The van der Waals surface area contributed by atoms with Crippen molar-refractivity contribution in [2.75, 3.05) is 0 Å². The van der Waals surface area contributed by atoms with Gasteiger partial charge in [-0.25, -0.2) is 0 Å². The van der Waals surface area contributed by atoms with Crippen LogP contribution in [0.25, 0.3) is 0 Å². The van der Waals surface area contributed by atoms with Gasteiger partial charge in [-0.15, -0.1) is 0 Å². The fraction of sp³-hybridized carbons (Fsp3) is 1.00. The first-order valence-electron chi connectivity index (χ1n) is 4.41. The summed E-state index contributed by atoms with van der Waals surface area (Å²) in [7, 11) is 0. The van der Waals surface area contributed by atoms with Crippen LogP contribution in [0.5, 0.6) is 0 Å². The summed E-state index contributed by atoms with van der Waals surface area (Å²) < 4.78 is 1.51. The van der Waals surface area contributed by atoms with E-state index in [2.05, 4.69) is 6.92 Å². The first-order valence-corrected chi connectivity index (χ1v) is 5.83. The predicted molar refractivity (Wildman–Crippen MR) is 52.5 cm³/mol. The predicted octanol–water partition coefficient (Wildman–Crippen LogP) is 2.02. The summed E-state index contributed by atoms with van der Waals surface area (Å²) in [5, 5.41) is 0. The molecule has 0 aliphatic carbocycles.